The van der Waals surface area contributed by atoms with Gasteiger partial charge in [-0.2, -0.15) is 8.42 Å². The number of carboxylic acids is 1. The smallest absolute Gasteiger partial charge is 0.264 e. The second-order valence-electron chi connectivity index (χ2n) is 7.28. The fourth-order valence-electron chi connectivity index (χ4n) is 3.33. The van der Waals surface area contributed by atoms with E-state index in [1.807, 2.05) is 48.2 Å². The van der Waals surface area contributed by atoms with Crippen molar-refractivity contribution in [2.75, 3.05) is 37.3 Å². The number of carboxylic acid groups (broad SMARTS) is 1. The maximum atomic E-state index is 11.0. The lowest BCUT2D eigenvalue weighted by atomic mass is 10.2. The molecule has 1 heterocycles. The minimum atomic E-state index is -3.98. The van der Waals surface area contributed by atoms with Gasteiger partial charge in [0.2, 0.25) is 5.36 Å². The van der Waals surface area contributed by atoms with Gasteiger partial charge in [-0.25, -0.2) is 9.56 Å². The normalized spacial score (nSPS) is 12.9. The summed E-state index contributed by atoms with van der Waals surface area (Å²) in [7, 11) is -2.19. The second kappa shape index (κ2) is 9.44. The van der Waals surface area contributed by atoms with Gasteiger partial charge in [0.15, 0.2) is 11.3 Å². The molecule has 1 N–H and O–H groups in total. The fourth-order valence-corrected chi connectivity index (χ4v) is 3.83. The Labute approximate surface area is 180 Å². The highest BCUT2D eigenvalue weighted by atomic mass is 32.2. The molecule has 0 radical (unpaired) electrons. The van der Waals surface area contributed by atoms with E-state index in [0.29, 0.717) is 48.6 Å². The van der Waals surface area contributed by atoms with Crippen molar-refractivity contribution in [1.82, 2.24) is 9.56 Å². The molecule has 0 bridgehead atoms. The van der Waals surface area contributed by atoms with Gasteiger partial charge in [0, 0.05) is 43.3 Å². The zero-order valence-electron chi connectivity index (χ0n) is 17.4. The molecule has 0 atom stereocenters. The first-order chi connectivity index (χ1) is 14.7. The van der Waals surface area contributed by atoms with E-state index in [9.17, 15) is 18.3 Å². The van der Waals surface area contributed by atoms with Crippen molar-refractivity contribution >= 4 is 32.9 Å². The standard InChI is InChI=1S/C21H25N3O6S/c1-3-24(10-4-12-31(27,28)29)16-6-8-18-20(14-16)30-19-13-15(5-7-17(19)22-18)23(2)11-9-21(25)26/h5-8,13-14H,3-4,9-12H2,1-2H3,(H-,25,26,27,28,29). The molecule has 31 heavy (non-hydrogen) atoms. The molecule has 0 fully saturated rings. The van der Waals surface area contributed by atoms with E-state index < -0.39 is 16.1 Å². The Hall–Kier alpha value is -2.98. The molecule has 0 aromatic heterocycles. The van der Waals surface area contributed by atoms with E-state index >= 15 is 0 Å². The average Bonchev–Trinajstić information content (AvgIpc) is 2.72. The number of nitrogens with zero attached hydrogens (tertiary/aromatic N) is 3. The molecule has 0 spiro atoms. The predicted molar refractivity (Wildman–Crippen MR) is 115 cm³/mol. The van der Waals surface area contributed by atoms with E-state index in [4.69, 9.17) is 8.97 Å². The van der Waals surface area contributed by atoms with Gasteiger partial charge in [-0.1, -0.05) is 0 Å². The van der Waals surface area contributed by atoms with Crippen LogP contribution in [0.15, 0.2) is 40.8 Å². The molecule has 0 unspecified atom stereocenters. The van der Waals surface area contributed by atoms with Crippen LogP contribution in [-0.2, 0) is 14.9 Å². The van der Waals surface area contributed by atoms with Crippen LogP contribution in [-0.4, -0.2) is 56.4 Å². The number of carbonyl (C=O) groups excluding carboxylic acids is 1. The van der Waals surface area contributed by atoms with Gasteiger partial charge in [0.1, 0.15) is 24.8 Å². The Bertz CT molecular complexity index is 1240. The Morgan fingerprint density at radius 1 is 1.26 bits per heavy atom. The average molecular weight is 448 g/mol. The highest BCUT2D eigenvalue weighted by Crippen LogP contribution is 2.27. The van der Waals surface area contributed by atoms with Crippen LogP contribution >= 0.6 is 0 Å². The monoisotopic (exact) mass is 447 g/mol. The van der Waals surface area contributed by atoms with Gasteiger partial charge in [-0.3, -0.25) is 4.55 Å². The zero-order chi connectivity index (χ0) is 22.6. The molecular weight excluding hydrogens is 422 g/mol. The Morgan fingerprint density at radius 3 is 2.71 bits per heavy atom. The Kier molecular flexibility index (Phi) is 6.91. The number of hydrogen-bond acceptors (Lipinski definition) is 7. The summed E-state index contributed by atoms with van der Waals surface area (Å²) in [5, 5.41) is 11.5. The SMILES string of the molecule is CCN(CCCS(=O)(=O)O)c1ccc2nc3ccc(=[N+](C)CCC(=O)[O-])cc-3oc2c1. The maximum absolute atomic E-state index is 11.0. The van der Waals surface area contributed by atoms with E-state index in [0.717, 1.165) is 11.0 Å². The number of hydrogen-bond donors (Lipinski definition) is 1. The van der Waals surface area contributed by atoms with E-state index in [2.05, 4.69) is 4.98 Å². The number of rotatable bonds is 9. The van der Waals surface area contributed by atoms with Crippen LogP contribution in [0.5, 0.6) is 0 Å². The number of anilines is 1. The molecule has 9 nitrogen and oxygen atoms in total. The van der Waals surface area contributed by atoms with Gasteiger partial charge < -0.3 is 19.2 Å². The molecule has 1 aliphatic heterocycles. The third-order valence-electron chi connectivity index (χ3n) is 5.02. The van der Waals surface area contributed by atoms with Crippen LogP contribution in [0.25, 0.3) is 22.6 Å². The first kappa shape index (κ1) is 22.7. The summed E-state index contributed by atoms with van der Waals surface area (Å²) in [5.74, 6) is -0.825. The predicted octanol–water partition coefficient (Wildman–Crippen LogP) is 0.579. The van der Waals surface area contributed by atoms with E-state index in [1.54, 1.807) is 11.6 Å². The molecule has 1 aliphatic carbocycles. The van der Waals surface area contributed by atoms with Gasteiger partial charge >= 0.3 is 0 Å². The molecule has 10 heteroatoms. The highest BCUT2D eigenvalue weighted by Gasteiger charge is 2.14. The van der Waals surface area contributed by atoms with Gasteiger partial charge in [-0.05, 0) is 31.5 Å². The Balaban J connectivity index is 1.93. The molecule has 166 valence electrons. The molecule has 0 amide bonds. The molecule has 1 aromatic rings. The lowest BCUT2D eigenvalue weighted by Crippen LogP contribution is -2.32. The summed E-state index contributed by atoms with van der Waals surface area (Å²) < 4.78 is 38.7. The molecule has 2 aliphatic rings. The first-order valence-corrected chi connectivity index (χ1v) is 11.6. The third kappa shape index (κ3) is 6.02. The quantitative estimate of drug-likeness (QED) is 0.287. The van der Waals surface area contributed by atoms with Crippen LogP contribution in [0.1, 0.15) is 19.8 Å². The number of carbonyl (C=O) groups is 1. The summed E-state index contributed by atoms with van der Waals surface area (Å²) in [6.45, 7) is 3.40. The summed E-state index contributed by atoms with van der Waals surface area (Å²) in [6.07, 6.45) is 0.231. The highest BCUT2D eigenvalue weighted by molar-refractivity contribution is 7.85. The number of benzene rings is 2. The molecular formula is C21H25N3O6S. The molecule has 3 rings (SSSR count). The van der Waals surface area contributed by atoms with Crippen molar-refractivity contribution < 1.29 is 27.3 Å². The Morgan fingerprint density at radius 2 is 2.03 bits per heavy atom. The lowest BCUT2D eigenvalue weighted by molar-refractivity contribution is -0.305. The van der Waals surface area contributed by atoms with Crippen LogP contribution in [0.3, 0.4) is 0 Å². The molecule has 0 saturated carbocycles. The zero-order valence-corrected chi connectivity index (χ0v) is 18.3. The summed E-state index contributed by atoms with van der Waals surface area (Å²) in [5.41, 5.74) is 2.80. The van der Waals surface area contributed by atoms with E-state index in [1.165, 1.54) is 0 Å². The van der Waals surface area contributed by atoms with Crippen LogP contribution in [0, 0.1) is 0 Å². The summed E-state index contributed by atoms with van der Waals surface area (Å²) in [6, 6.07) is 11.1. The maximum Gasteiger partial charge on any atom is 0.264 e. The van der Waals surface area contributed by atoms with Crippen molar-refractivity contribution in [3.05, 3.63) is 41.8 Å². The van der Waals surface area contributed by atoms with E-state index in [-0.39, 0.29) is 12.2 Å². The van der Waals surface area contributed by atoms with Crippen molar-refractivity contribution in [2.24, 2.45) is 0 Å². The first-order valence-electron chi connectivity index (χ1n) is 9.95. The van der Waals surface area contributed by atoms with Crippen molar-refractivity contribution in [3.8, 4) is 11.5 Å². The molecule has 1 aromatic carbocycles. The lowest BCUT2D eigenvalue weighted by Gasteiger charge is -2.23. The third-order valence-corrected chi connectivity index (χ3v) is 5.82. The van der Waals surface area contributed by atoms with Crippen LogP contribution in [0.2, 0.25) is 0 Å². The van der Waals surface area contributed by atoms with Gasteiger partial charge in [0.05, 0.1) is 11.8 Å². The van der Waals surface area contributed by atoms with Gasteiger partial charge in [0.25, 0.3) is 10.1 Å². The van der Waals surface area contributed by atoms with Crippen LogP contribution in [0.4, 0.5) is 5.69 Å². The topological polar surface area (TPSA) is 127 Å². The number of aromatic nitrogens is 1. The van der Waals surface area contributed by atoms with Gasteiger partial charge in [-0.15, -0.1) is 0 Å². The van der Waals surface area contributed by atoms with Crippen molar-refractivity contribution in [1.29, 1.82) is 0 Å². The number of aliphatic carboxylic acids is 1. The minimum Gasteiger partial charge on any atom is -0.550 e. The second-order valence-corrected chi connectivity index (χ2v) is 8.85. The van der Waals surface area contributed by atoms with Crippen LogP contribution < -0.4 is 19.9 Å². The minimum absolute atomic E-state index is 0.0740. The number of fused-ring (bicyclic) bond motifs is 2. The largest absolute Gasteiger partial charge is 0.550 e. The summed E-state index contributed by atoms with van der Waals surface area (Å²) >= 11 is 0. The molecule has 0 saturated heterocycles. The summed E-state index contributed by atoms with van der Waals surface area (Å²) in [4.78, 5) is 17.3. The van der Waals surface area contributed by atoms with Crippen molar-refractivity contribution in [3.63, 3.8) is 0 Å². The fraction of sp³-hybridized carbons (Fsp3) is 0.381. The van der Waals surface area contributed by atoms with Crippen molar-refractivity contribution in [2.45, 2.75) is 19.8 Å².